The van der Waals surface area contributed by atoms with Gasteiger partial charge in [-0.15, -0.1) is 0 Å². The molecule has 234 valence electrons. The fourth-order valence-corrected chi connectivity index (χ4v) is 11.1. The number of methoxy groups -OCH3 is 2. The minimum absolute atomic E-state index is 0.0384. The minimum Gasteiger partial charge on any atom is -0.493 e. The van der Waals surface area contributed by atoms with Crippen molar-refractivity contribution in [3.05, 3.63) is 71.8 Å². The van der Waals surface area contributed by atoms with E-state index in [0.717, 1.165) is 29.3 Å². The molecule has 3 aromatic carbocycles. The van der Waals surface area contributed by atoms with Crippen molar-refractivity contribution in [1.82, 2.24) is 4.90 Å². The van der Waals surface area contributed by atoms with E-state index in [0.29, 0.717) is 30.0 Å². The molecule has 0 unspecified atom stereocenters. The van der Waals surface area contributed by atoms with Crippen molar-refractivity contribution >= 4 is 42.4 Å². The summed E-state index contributed by atoms with van der Waals surface area (Å²) in [4.78, 5) is 20.3. The largest absolute Gasteiger partial charge is 0.493 e. The van der Waals surface area contributed by atoms with Crippen molar-refractivity contribution in [1.29, 1.82) is 0 Å². The number of rotatable bonds is 10. The number of benzene rings is 3. The van der Waals surface area contributed by atoms with Crippen LogP contribution >= 0.6 is 0 Å². The topological polar surface area (TPSA) is 165 Å². The molecule has 3 aromatic rings. The van der Waals surface area contributed by atoms with Crippen LogP contribution in [0.2, 0.25) is 0 Å². The summed E-state index contributed by atoms with van der Waals surface area (Å²) in [6, 6.07) is 18.7. The van der Waals surface area contributed by atoms with Gasteiger partial charge in [0.1, 0.15) is 0 Å². The number of aliphatic carboxylic acids is 2. The molecule has 1 saturated heterocycles. The fraction of sp³-hybridized carbons (Fsp3) is 0.400. The summed E-state index contributed by atoms with van der Waals surface area (Å²) >= 11 is 0. The molecule has 0 aliphatic carbocycles. The van der Waals surface area contributed by atoms with Crippen LogP contribution in [0.5, 0.6) is 11.5 Å². The van der Waals surface area contributed by atoms with Gasteiger partial charge in [0.2, 0.25) is 0 Å². The zero-order valence-electron chi connectivity index (χ0n) is 24.4. The average molecular weight is 636 g/mol. The lowest BCUT2D eigenvalue weighted by Crippen LogP contribution is -2.50. The predicted molar refractivity (Wildman–Crippen MR) is 163 cm³/mol. The normalized spacial score (nSPS) is 16.6. The van der Waals surface area contributed by atoms with E-state index in [1.807, 2.05) is 55.6 Å². The molecule has 11 nitrogen and oxygen atoms in total. The third-order valence-electron chi connectivity index (χ3n) is 7.48. The van der Waals surface area contributed by atoms with E-state index in [9.17, 15) is 16.8 Å². The standard InChI is InChI=1S/C28H35NO6S2.C2H2O4/c1-29(17-14-22-10-13-26(34-2)27(20-22)35-3)16-6-15-28(36(30,31)18-7-19-37(28,32)33)25-12-11-23-8-4-5-9-24(23)21-25;3-1(4)2(5)6/h4-5,8-13,20-21H,6-7,14-19H2,1-3H3;(H,3,4)(H,5,6). The first-order chi connectivity index (χ1) is 20.3. The lowest BCUT2D eigenvalue weighted by molar-refractivity contribution is -0.159. The highest BCUT2D eigenvalue weighted by Gasteiger charge is 2.57. The third-order valence-corrected chi connectivity index (χ3v) is 13.5. The van der Waals surface area contributed by atoms with Crippen molar-refractivity contribution in [2.75, 3.05) is 45.9 Å². The number of likely N-dealkylation sites (N-methyl/N-ethyl adjacent to an activating group) is 1. The second kappa shape index (κ2) is 14.2. The lowest BCUT2D eigenvalue weighted by atomic mass is 10.0. The molecule has 4 rings (SSSR count). The highest BCUT2D eigenvalue weighted by Crippen LogP contribution is 2.45. The van der Waals surface area contributed by atoms with Gasteiger partial charge in [-0.3, -0.25) is 0 Å². The van der Waals surface area contributed by atoms with E-state index in [-0.39, 0.29) is 24.3 Å². The molecule has 1 aliphatic rings. The number of carboxylic acids is 2. The Bertz CT molecular complexity index is 1620. The number of carbonyl (C=O) groups is 2. The lowest BCUT2D eigenvalue weighted by Gasteiger charge is -2.37. The molecule has 13 heteroatoms. The molecule has 0 bridgehead atoms. The van der Waals surface area contributed by atoms with E-state index >= 15 is 0 Å². The number of nitrogens with zero attached hydrogens (tertiary/aromatic N) is 1. The maximum absolute atomic E-state index is 13.5. The molecular formula is C30H37NO10S2. The minimum atomic E-state index is -3.91. The van der Waals surface area contributed by atoms with E-state index in [2.05, 4.69) is 4.90 Å². The number of hydrogen-bond donors (Lipinski definition) is 2. The van der Waals surface area contributed by atoms with Crippen molar-refractivity contribution < 1.29 is 46.1 Å². The van der Waals surface area contributed by atoms with Crippen LogP contribution < -0.4 is 9.47 Å². The van der Waals surface area contributed by atoms with Crippen LogP contribution in [-0.2, 0) is 39.8 Å². The molecule has 0 spiro atoms. The fourth-order valence-electron chi connectivity index (χ4n) is 5.25. The van der Waals surface area contributed by atoms with E-state index in [4.69, 9.17) is 29.3 Å². The van der Waals surface area contributed by atoms with Gasteiger partial charge >= 0.3 is 11.9 Å². The van der Waals surface area contributed by atoms with Crippen molar-refractivity contribution in [3.8, 4) is 11.5 Å². The maximum Gasteiger partial charge on any atom is 0.414 e. The van der Waals surface area contributed by atoms with Crippen LogP contribution in [0.3, 0.4) is 0 Å². The first kappa shape index (κ1) is 33.8. The Hall–Kier alpha value is -3.68. The number of carboxylic acid groups (broad SMARTS) is 2. The summed E-state index contributed by atoms with van der Waals surface area (Å²) < 4.78 is 62.9. The highest BCUT2D eigenvalue weighted by molar-refractivity contribution is 8.10. The molecule has 0 saturated carbocycles. The first-order valence-electron chi connectivity index (χ1n) is 13.6. The summed E-state index contributed by atoms with van der Waals surface area (Å²) in [6.07, 6.45) is 1.39. The van der Waals surface area contributed by atoms with Gasteiger partial charge in [0.25, 0.3) is 0 Å². The third kappa shape index (κ3) is 7.64. The van der Waals surface area contributed by atoms with Crippen LogP contribution in [0, 0.1) is 0 Å². The Morgan fingerprint density at radius 1 is 0.814 bits per heavy atom. The van der Waals surface area contributed by atoms with Gasteiger partial charge in [-0.25, -0.2) is 26.4 Å². The van der Waals surface area contributed by atoms with Crippen molar-refractivity contribution in [3.63, 3.8) is 0 Å². The van der Waals surface area contributed by atoms with Crippen LogP contribution in [0.25, 0.3) is 10.8 Å². The molecule has 1 heterocycles. The van der Waals surface area contributed by atoms with Crippen LogP contribution in [0.1, 0.15) is 30.4 Å². The van der Waals surface area contributed by atoms with Gasteiger partial charge in [0.15, 0.2) is 35.3 Å². The SMILES string of the molecule is COc1ccc(CCN(C)CCCC2(c3ccc4ccccc4c3)S(=O)(=O)CCCS2(=O)=O)cc1OC.O=C(O)C(=O)O. The number of ether oxygens (including phenoxy) is 2. The summed E-state index contributed by atoms with van der Waals surface area (Å²) in [6.45, 7) is 1.31. The van der Waals surface area contributed by atoms with Crippen molar-refractivity contribution in [2.24, 2.45) is 0 Å². The Labute approximate surface area is 251 Å². The molecule has 1 aliphatic heterocycles. The van der Waals surface area contributed by atoms with Gasteiger partial charge in [-0.05, 0) is 79.4 Å². The molecule has 2 N–H and O–H groups in total. The Balaban J connectivity index is 0.000000765. The zero-order valence-corrected chi connectivity index (χ0v) is 26.0. The molecule has 0 radical (unpaired) electrons. The summed E-state index contributed by atoms with van der Waals surface area (Å²) in [7, 11) is -2.66. The highest BCUT2D eigenvalue weighted by atomic mass is 32.3. The zero-order chi connectivity index (χ0) is 31.8. The molecule has 1 fully saturated rings. The molecule has 0 aromatic heterocycles. The number of fused-ring (bicyclic) bond motifs is 1. The maximum atomic E-state index is 13.5. The summed E-state index contributed by atoms with van der Waals surface area (Å²) in [5.74, 6) is -2.53. The Morgan fingerprint density at radius 2 is 1.42 bits per heavy atom. The monoisotopic (exact) mass is 635 g/mol. The second-order valence-corrected chi connectivity index (χ2v) is 15.2. The van der Waals surface area contributed by atoms with E-state index in [1.54, 1.807) is 26.4 Å². The smallest absolute Gasteiger partial charge is 0.414 e. The van der Waals surface area contributed by atoms with Crippen LogP contribution in [0.4, 0.5) is 0 Å². The van der Waals surface area contributed by atoms with Crippen LogP contribution in [0.15, 0.2) is 60.7 Å². The van der Waals surface area contributed by atoms with Crippen LogP contribution in [-0.4, -0.2) is 89.7 Å². The summed E-state index contributed by atoms with van der Waals surface area (Å²) in [5.41, 5.74) is 1.45. The van der Waals surface area contributed by atoms with Crippen molar-refractivity contribution in [2.45, 2.75) is 29.8 Å². The molecule has 43 heavy (non-hydrogen) atoms. The van der Waals surface area contributed by atoms with Gasteiger partial charge in [0.05, 0.1) is 25.7 Å². The molecular weight excluding hydrogens is 598 g/mol. The van der Waals surface area contributed by atoms with E-state index in [1.165, 1.54) is 0 Å². The van der Waals surface area contributed by atoms with Gasteiger partial charge in [-0.2, -0.15) is 0 Å². The number of sulfone groups is 2. The number of hydrogen-bond acceptors (Lipinski definition) is 9. The molecule has 0 atom stereocenters. The molecule has 0 amide bonds. The summed E-state index contributed by atoms with van der Waals surface area (Å²) in [5, 5.41) is 16.6. The second-order valence-electron chi connectivity index (χ2n) is 10.3. The van der Waals surface area contributed by atoms with Gasteiger partial charge < -0.3 is 24.6 Å². The average Bonchev–Trinajstić information content (AvgIpc) is 2.97. The van der Waals surface area contributed by atoms with E-state index < -0.39 is 35.7 Å². The van der Waals surface area contributed by atoms with Gasteiger partial charge in [0, 0.05) is 6.54 Å². The predicted octanol–water partition coefficient (Wildman–Crippen LogP) is 3.35. The quantitative estimate of drug-likeness (QED) is 0.314. The Kier molecular flexibility index (Phi) is 11.2. The van der Waals surface area contributed by atoms with Gasteiger partial charge in [-0.1, -0.05) is 42.5 Å². The first-order valence-corrected chi connectivity index (χ1v) is 16.9. The Morgan fingerprint density at radius 3 is 2.00 bits per heavy atom.